The van der Waals surface area contributed by atoms with Gasteiger partial charge < -0.3 is 0 Å². The number of aromatic nitrogens is 8. The Morgan fingerprint density at radius 1 is 0.178 bits per heavy atom. The Morgan fingerprint density at radius 2 is 0.381 bits per heavy atom. The highest BCUT2D eigenvalue weighted by Gasteiger charge is 2.28. The minimum Gasteiger partial charge on any atom is -0.244 e. The van der Waals surface area contributed by atoms with E-state index in [0.29, 0.717) is 0 Å². The number of benzene rings is 6. The van der Waals surface area contributed by atoms with Gasteiger partial charge in [0.2, 0.25) is 0 Å². The molecule has 16 rings (SSSR count). The van der Waals surface area contributed by atoms with E-state index in [1.165, 1.54) is 326 Å². The summed E-state index contributed by atoms with van der Waals surface area (Å²) in [4.78, 5) is 52.8. The summed E-state index contributed by atoms with van der Waals surface area (Å²) in [7, 11) is 0. The van der Waals surface area contributed by atoms with Crippen LogP contribution in [0, 0.1) is 0 Å². The van der Waals surface area contributed by atoms with Gasteiger partial charge in [-0.2, -0.15) is 0 Å². The molecule has 0 spiro atoms. The van der Waals surface area contributed by atoms with Gasteiger partial charge >= 0.3 is 0 Å². The molecule has 10 heterocycles. The summed E-state index contributed by atoms with van der Waals surface area (Å²) in [5.41, 5.74) is 22.9. The van der Waals surface area contributed by atoms with Crippen molar-refractivity contribution in [3.05, 3.63) is 156 Å². The molecule has 8 nitrogen and oxygen atoms in total. The molecule has 0 fully saturated rings. The number of hydrogen-bond donors (Lipinski definition) is 0. The highest BCUT2D eigenvalue weighted by Crippen LogP contribution is 2.55. The zero-order valence-corrected chi connectivity index (χ0v) is 75.7. The van der Waals surface area contributed by atoms with E-state index < -0.39 is 0 Å². The summed E-state index contributed by atoms with van der Waals surface area (Å²) in [5, 5.41) is 0. The number of nitrogens with zero attached hydrogens (tertiary/aromatic N) is 8. The fourth-order valence-corrected chi connectivity index (χ4v) is 26.5. The first kappa shape index (κ1) is 84.1. The molecular formula is C104H122N8S6. The molecule has 0 N–H and O–H groups in total. The van der Waals surface area contributed by atoms with Gasteiger partial charge in [0.15, 0.2) is 0 Å². The van der Waals surface area contributed by atoms with Crippen LogP contribution in [0.3, 0.4) is 0 Å². The van der Waals surface area contributed by atoms with E-state index in [4.69, 9.17) is 39.9 Å². The van der Waals surface area contributed by atoms with Crippen LogP contribution in [0.25, 0.3) is 157 Å². The number of thiophene rings is 6. The molecule has 0 aliphatic carbocycles. The zero-order chi connectivity index (χ0) is 80.2. The van der Waals surface area contributed by atoms with E-state index >= 15 is 0 Å². The molecule has 0 saturated carbocycles. The Bertz CT molecular complexity index is 5620. The number of unbranched alkanes of at least 4 members (excludes halogenated alkanes) is 36. The topological polar surface area (TPSA) is 103 Å². The quantitative estimate of drug-likeness (QED) is 0.0274. The van der Waals surface area contributed by atoms with Crippen LogP contribution < -0.4 is 0 Å². The van der Waals surface area contributed by atoms with Crippen molar-refractivity contribution in [3.8, 4) is 50.1 Å². The molecule has 0 saturated heterocycles. The lowest BCUT2D eigenvalue weighted by Crippen LogP contribution is -1.92. The zero-order valence-electron chi connectivity index (χ0n) is 70.8. The van der Waals surface area contributed by atoms with E-state index in [1.807, 2.05) is 71.2 Å². The van der Waals surface area contributed by atoms with Crippen LogP contribution in [0.5, 0.6) is 0 Å². The lowest BCUT2D eigenvalue weighted by atomic mass is 10.0. The molecule has 0 radical (unpaired) electrons. The van der Waals surface area contributed by atoms with Crippen LogP contribution in [0.4, 0.5) is 0 Å². The van der Waals surface area contributed by atoms with Crippen LogP contribution in [0.2, 0.25) is 0 Å². The molecule has 0 aliphatic rings. The second kappa shape index (κ2) is 42.3. The summed E-state index contributed by atoms with van der Waals surface area (Å²) in [6.07, 6.45) is 57.8. The van der Waals surface area contributed by atoms with Gasteiger partial charge in [0.25, 0.3) is 0 Å². The van der Waals surface area contributed by atoms with Crippen molar-refractivity contribution < 1.29 is 0 Å². The van der Waals surface area contributed by atoms with Crippen molar-refractivity contribution in [3.63, 3.8) is 0 Å². The third-order valence-corrected chi connectivity index (χ3v) is 33.0. The van der Waals surface area contributed by atoms with Gasteiger partial charge in [-0.05, 0) is 182 Å². The van der Waals surface area contributed by atoms with E-state index in [1.54, 1.807) is 22.3 Å². The van der Waals surface area contributed by atoms with Gasteiger partial charge in [-0.15, -0.1) is 68.0 Å². The van der Waals surface area contributed by atoms with Crippen LogP contribution in [0.1, 0.15) is 307 Å². The maximum Gasteiger partial charge on any atom is 0.0917 e. The van der Waals surface area contributed by atoms with Gasteiger partial charge in [0.1, 0.15) is 0 Å². The summed E-state index contributed by atoms with van der Waals surface area (Å²) < 4.78 is 6.09. The normalized spacial score (nSPS) is 12.2. The first-order valence-corrected chi connectivity index (χ1v) is 51.2. The number of hydrogen-bond acceptors (Lipinski definition) is 14. The third kappa shape index (κ3) is 20.6. The maximum atomic E-state index is 5.38. The summed E-state index contributed by atoms with van der Waals surface area (Å²) in [6, 6.07) is 48.4. The van der Waals surface area contributed by atoms with Gasteiger partial charge in [-0.25, -0.2) is 39.9 Å². The Balaban J connectivity index is 0.730. The van der Waals surface area contributed by atoms with Crippen molar-refractivity contribution in [2.75, 3.05) is 0 Å². The second-order valence-electron chi connectivity index (χ2n) is 33.9. The summed E-state index contributed by atoms with van der Waals surface area (Å²) in [5.74, 6) is 0. The van der Waals surface area contributed by atoms with Crippen molar-refractivity contribution in [1.29, 1.82) is 0 Å². The third-order valence-electron chi connectivity index (χ3n) is 24.8. The van der Waals surface area contributed by atoms with Gasteiger partial charge in [0.05, 0.1) is 88.3 Å². The molecule has 0 atom stereocenters. The van der Waals surface area contributed by atoms with Crippen molar-refractivity contribution in [2.45, 2.75) is 310 Å². The molecule has 6 aromatic carbocycles. The Labute approximate surface area is 725 Å². The van der Waals surface area contributed by atoms with Gasteiger partial charge in [0, 0.05) is 57.8 Å². The monoisotopic (exact) mass is 1670 g/mol. The molecule has 0 bridgehead atoms. The van der Waals surface area contributed by atoms with Crippen LogP contribution in [0.15, 0.2) is 133 Å². The van der Waals surface area contributed by atoms with E-state index in [-0.39, 0.29) is 0 Å². The van der Waals surface area contributed by atoms with Crippen molar-refractivity contribution >= 4 is 175 Å². The molecule has 0 amide bonds. The van der Waals surface area contributed by atoms with E-state index in [0.717, 1.165) is 114 Å². The smallest absolute Gasteiger partial charge is 0.0917 e. The van der Waals surface area contributed by atoms with Gasteiger partial charge in [-0.3, -0.25) is 0 Å². The Morgan fingerprint density at radius 3 is 0.644 bits per heavy atom. The largest absolute Gasteiger partial charge is 0.244 e. The van der Waals surface area contributed by atoms with Crippen molar-refractivity contribution in [2.24, 2.45) is 0 Å². The number of fused-ring (bicyclic) bond motifs is 10. The highest BCUT2D eigenvalue weighted by molar-refractivity contribution is 7.35. The molecule has 118 heavy (non-hydrogen) atoms. The lowest BCUT2D eigenvalue weighted by molar-refractivity contribution is 0.556. The molecule has 0 unspecified atom stereocenters. The average Bonchev–Trinajstić information content (AvgIpc) is 1.52. The molecule has 16 aromatic rings. The first-order valence-electron chi connectivity index (χ1n) is 46.3. The number of rotatable bonds is 49. The van der Waals surface area contributed by atoms with Crippen molar-refractivity contribution in [1.82, 2.24) is 39.9 Å². The fourth-order valence-electron chi connectivity index (χ4n) is 18.0. The predicted octanol–water partition coefficient (Wildman–Crippen LogP) is 34.9. The fraction of sp³-hybridized carbons (Fsp3) is 0.462. The van der Waals surface area contributed by atoms with Gasteiger partial charge in [-0.1, -0.05) is 295 Å². The predicted molar refractivity (Wildman–Crippen MR) is 520 cm³/mol. The second-order valence-corrected chi connectivity index (χ2v) is 40.2. The standard InChI is InChI=1S/C104H122N8S6/c1-5-9-13-17-21-25-29-33-37-41-49-73-97(71-57-59-81-83(65-71)111-91-69-87-85(67-89(91)109-81)105-77-53-45-47-55-79(77)107-87)115-103-75(51-43-39-35-31-27-23-19-15-11-7-3)99(117-101(73)103)95-63-61-93(113-95)94-62-64-96(114-94)100-76(52-44-40-36-32-28-24-20-16-12-8-4)104-102(118-100)74(50-42-38-34-30-26-22-18-14-10-6-2)98(116-104)72-58-60-82-84(66-72)112-92-70-88-86(68-90(92)110-82)106-78-54-46-48-56-80(78)108-88/h45-48,53-70H,5-44,49-52H2,1-4H3. The van der Waals surface area contributed by atoms with Crippen LogP contribution in [-0.4, -0.2) is 39.9 Å². The maximum absolute atomic E-state index is 5.38. The lowest BCUT2D eigenvalue weighted by Gasteiger charge is -2.08. The average molecular weight is 1680 g/mol. The van der Waals surface area contributed by atoms with Crippen LogP contribution in [-0.2, 0) is 25.7 Å². The molecule has 0 aliphatic heterocycles. The molecule has 14 heteroatoms. The Kier molecular flexibility index (Phi) is 30.1. The van der Waals surface area contributed by atoms with E-state index in [2.05, 4.69) is 158 Å². The molecule has 614 valence electrons. The minimum atomic E-state index is 0.847. The number of para-hydroxylation sites is 4. The summed E-state index contributed by atoms with van der Waals surface area (Å²) >= 11 is 12.4. The first-order chi connectivity index (χ1) is 58.4. The summed E-state index contributed by atoms with van der Waals surface area (Å²) in [6.45, 7) is 9.30. The highest BCUT2D eigenvalue weighted by atomic mass is 32.1. The SMILES string of the molecule is CCCCCCCCCCCCc1c(-c2ccc3nc4cc5nc6ccccc6nc5cc4nc3c2)sc2c(CCCCCCCCCCCC)c(-c3ccc(-c4ccc(-c5sc6c(CCCCCCCCCCCC)c(-c7ccc8nc9cc%10nc%11ccccc%11nc%10cc9nc8c7)sc6c5CCCCCCCCCCCC)s4)s3)sc12. The minimum absolute atomic E-state index is 0.847. The molecular weight excluding hydrogens is 1550 g/mol. The van der Waals surface area contributed by atoms with E-state index in [9.17, 15) is 0 Å². The molecule has 10 aromatic heterocycles. The Hall–Kier alpha value is -7.56. The van der Waals surface area contributed by atoms with Crippen LogP contribution >= 0.6 is 68.0 Å². The number of aryl methyl sites for hydroxylation is 4.